The molecule has 0 atom stereocenters. The number of carbonyl (C=O) groups excluding carboxylic acids is 1. The van der Waals surface area contributed by atoms with E-state index in [-0.39, 0.29) is 4.90 Å². The zero-order chi connectivity index (χ0) is 22.4. The van der Waals surface area contributed by atoms with E-state index in [2.05, 4.69) is 5.32 Å². The van der Waals surface area contributed by atoms with Crippen LogP contribution in [0.1, 0.15) is 18.1 Å². The predicted octanol–water partition coefficient (Wildman–Crippen LogP) is 4.54. The molecular weight excluding hydrogens is 412 g/mol. The fraction of sp³-hybridized carbons (Fsp3) is 0.208. The highest BCUT2D eigenvalue weighted by atomic mass is 32.2. The van der Waals surface area contributed by atoms with Crippen LogP contribution < -0.4 is 14.4 Å². The molecule has 0 aliphatic heterocycles. The fourth-order valence-corrected chi connectivity index (χ4v) is 4.69. The number of ether oxygens (including phenoxy) is 1. The Bertz CT molecular complexity index is 1160. The fourth-order valence-electron chi connectivity index (χ4n) is 3.23. The first kappa shape index (κ1) is 22.4. The average Bonchev–Trinajstić information content (AvgIpc) is 2.75. The van der Waals surface area contributed by atoms with Crippen molar-refractivity contribution in [3.63, 3.8) is 0 Å². The van der Waals surface area contributed by atoms with Gasteiger partial charge in [-0.3, -0.25) is 9.10 Å². The Morgan fingerprint density at radius 3 is 2.32 bits per heavy atom. The Balaban J connectivity index is 1.99. The minimum absolute atomic E-state index is 0.0978. The van der Waals surface area contributed by atoms with Crippen molar-refractivity contribution in [1.29, 1.82) is 0 Å². The van der Waals surface area contributed by atoms with Gasteiger partial charge in [0.25, 0.3) is 10.0 Å². The number of nitrogens with one attached hydrogen (secondary N) is 1. The molecule has 0 aliphatic carbocycles. The number of hydrogen-bond donors (Lipinski definition) is 1. The van der Waals surface area contributed by atoms with Gasteiger partial charge in [-0.2, -0.15) is 0 Å². The van der Waals surface area contributed by atoms with Gasteiger partial charge in [-0.15, -0.1) is 0 Å². The molecule has 7 heteroatoms. The van der Waals surface area contributed by atoms with Crippen molar-refractivity contribution in [3.05, 3.63) is 83.9 Å². The van der Waals surface area contributed by atoms with Gasteiger partial charge in [0, 0.05) is 5.69 Å². The van der Waals surface area contributed by atoms with Crippen LogP contribution >= 0.6 is 0 Å². The lowest BCUT2D eigenvalue weighted by molar-refractivity contribution is -0.114. The molecule has 0 bridgehead atoms. The van der Waals surface area contributed by atoms with E-state index >= 15 is 0 Å². The minimum atomic E-state index is -4.01. The monoisotopic (exact) mass is 438 g/mol. The number of nitrogens with zero attached hydrogens (tertiary/aromatic N) is 1. The van der Waals surface area contributed by atoms with Crippen LogP contribution in [0.15, 0.2) is 77.7 Å². The zero-order valence-corrected chi connectivity index (χ0v) is 18.6. The van der Waals surface area contributed by atoms with Gasteiger partial charge in [-0.25, -0.2) is 8.42 Å². The lowest BCUT2D eigenvalue weighted by Crippen LogP contribution is -2.38. The second-order valence-corrected chi connectivity index (χ2v) is 8.95. The van der Waals surface area contributed by atoms with Gasteiger partial charge in [-0.1, -0.05) is 48.0 Å². The summed E-state index contributed by atoms with van der Waals surface area (Å²) in [6.45, 7) is 5.65. The molecule has 0 spiro atoms. The van der Waals surface area contributed by atoms with Crippen LogP contribution in [0, 0.1) is 13.8 Å². The molecule has 3 aromatic rings. The molecule has 1 amide bonds. The summed E-state index contributed by atoms with van der Waals surface area (Å²) in [6, 6.07) is 20.5. The maximum atomic E-state index is 13.5. The quantitative estimate of drug-likeness (QED) is 0.560. The summed E-state index contributed by atoms with van der Waals surface area (Å²) >= 11 is 0. The molecule has 0 unspecified atom stereocenters. The maximum Gasteiger partial charge on any atom is 0.264 e. The first-order valence-corrected chi connectivity index (χ1v) is 11.4. The molecule has 0 radical (unpaired) electrons. The van der Waals surface area contributed by atoms with Gasteiger partial charge >= 0.3 is 0 Å². The van der Waals surface area contributed by atoms with Crippen molar-refractivity contribution in [1.82, 2.24) is 0 Å². The standard InChI is InChI=1S/C24H26N2O4S/c1-4-30-23-13-9-8-12-22(23)26(31(28,29)20-10-6-5-7-11-20)17-24(27)25-21-15-14-18(2)16-19(21)3/h5-16H,4,17H2,1-3H3,(H,25,27). The third-order valence-electron chi connectivity index (χ3n) is 4.71. The number of anilines is 2. The van der Waals surface area contributed by atoms with E-state index in [4.69, 9.17) is 4.74 Å². The predicted molar refractivity (Wildman–Crippen MR) is 123 cm³/mol. The Morgan fingerprint density at radius 2 is 1.65 bits per heavy atom. The molecule has 162 valence electrons. The SMILES string of the molecule is CCOc1ccccc1N(CC(=O)Nc1ccc(C)cc1C)S(=O)(=O)c1ccccc1. The van der Waals surface area contributed by atoms with Crippen molar-refractivity contribution in [2.24, 2.45) is 0 Å². The highest BCUT2D eigenvalue weighted by molar-refractivity contribution is 7.92. The van der Waals surface area contributed by atoms with Crippen molar-refractivity contribution in [2.45, 2.75) is 25.7 Å². The molecule has 3 rings (SSSR count). The molecule has 6 nitrogen and oxygen atoms in total. The number of sulfonamides is 1. The summed E-state index contributed by atoms with van der Waals surface area (Å²) < 4.78 is 33.7. The van der Waals surface area contributed by atoms with Crippen LogP contribution in [-0.4, -0.2) is 27.5 Å². The summed E-state index contributed by atoms with van der Waals surface area (Å²) in [7, 11) is -4.01. The maximum absolute atomic E-state index is 13.5. The molecule has 3 aromatic carbocycles. The Morgan fingerprint density at radius 1 is 0.968 bits per heavy atom. The highest BCUT2D eigenvalue weighted by Gasteiger charge is 2.29. The average molecular weight is 439 g/mol. The van der Waals surface area contributed by atoms with E-state index in [1.807, 2.05) is 39.0 Å². The largest absolute Gasteiger partial charge is 0.492 e. The molecule has 0 heterocycles. The minimum Gasteiger partial charge on any atom is -0.492 e. The highest BCUT2D eigenvalue weighted by Crippen LogP contribution is 2.32. The topological polar surface area (TPSA) is 75.7 Å². The summed E-state index contributed by atoms with van der Waals surface area (Å²) in [5, 5.41) is 2.83. The van der Waals surface area contributed by atoms with Crippen LogP contribution in [-0.2, 0) is 14.8 Å². The van der Waals surface area contributed by atoms with Gasteiger partial charge in [0.1, 0.15) is 12.3 Å². The number of rotatable bonds is 8. The first-order chi connectivity index (χ1) is 14.8. The van der Waals surface area contributed by atoms with Crippen LogP contribution in [0.25, 0.3) is 0 Å². The van der Waals surface area contributed by atoms with Gasteiger partial charge < -0.3 is 10.1 Å². The van der Waals surface area contributed by atoms with Gasteiger partial charge in [0.05, 0.1) is 17.2 Å². The summed E-state index contributed by atoms with van der Waals surface area (Å²) in [5.74, 6) is -0.0541. The van der Waals surface area contributed by atoms with Crippen LogP contribution in [0.4, 0.5) is 11.4 Å². The van der Waals surface area contributed by atoms with Crippen molar-refractivity contribution in [2.75, 3.05) is 22.8 Å². The van der Waals surface area contributed by atoms with E-state index in [1.54, 1.807) is 42.5 Å². The van der Waals surface area contributed by atoms with Crippen LogP contribution in [0.5, 0.6) is 5.75 Å². The summed E-state index contributed by atoms with van der Waals surface area (Å²) in [5.41, 5.74) is 2.93. The number of amides is 1. The van der Waals surface area contributed by atoms with Gasteiger partial charge in [0.2, 0.25) is 5.91 Å². The van der Waals surface area contributed by atoms with Crippen molar-refractivity contribution < 1.29 is 17.9 Å². The van der Waals surface area contributed by atoms with Gasteiger partial charge in [-0.05, 0) is 56.7 Å². The molecule has 1 N–H and O–H groups in total. The smallest absolute Gasteiger partial charge is 0.264 e. The van der Waals surface area contributed by atoms with Crippen LogP contribution in [0.3, 0.4) is 0 Å². The third kappa shape index (κ3) is 5.24. The summed E-state index contributed by atoms with van der Waals surface area (Å²) in [6.07, 6.45) is 0. The number of carbonyl (C=O) groups is 1. The van der Waals surface area contributed by atoms with E-state index < -0.39 is 22.5 Å². The van der Waals surface area contributed by atoms with E-state index in [9.17, 15) is 13.2 Å². The first-order valence-electron chi connectivity index (χ1n) is 9.99. The molecule has 0 aromatic heterocycles. The van der Waals surface area contributed by atoms with E-state index in [0.717, 1.165) is 15.4 Å². The van der Waals surface area contributed by atoms with E-state index in [1.165, 1.54) is 12.1 Å². The van der Waals surface area contributed by atoms with Gasteiger partial charge in [0.15, 0.2) is 0 Å². The lowest BCUT2D eigenvalue weighted by Gasteiger charge is -2.26. The lowest BCUT2D eigenvalue weighted by atomic mass is 10.1. The van der Waals surface area contributed by atoms with E-state index in [0.29, 0.717) is 23.7 Å². The molecule has 0 aliphatic rings. The van der Waals surface area contributed by atoms with Crippen LogP contribution in [0.2, 0.25) is 0 Å². The van der Waals surface area contributed by atoms with Crippen molar-refractivity contribution >= 4 is 27.3 Å². The molecule has 0 fully saturated rings. The molecular formula is C24H26N2O4S. The molecule has 31 heavy (non-hydrogen) atoms. The second kappa shape index (κ2) is 9.66. The number of benzene rings is 3. The molecule has 0 saturated carbocycles. The summed E-state index contributed by atoms with van der Waals surface area (Å²) in [4.78, 5) is 13.0. The second-order valence-electron chi connectivity index (χ2n) is 7.09. The Labute approximate surface area is 183 Å². The molecule has 0 saturated heterocycles. The number of para-hydroxylation sites is 2. The Hall–Kier alpha value is -3.32. The number of hydrogen-bond acceptors (Lipinski definition) is 4. The number of aryl methyl sites for hydroxylation is 2. The van der Waals surface area contributed by atoms with Crippen molar-refractivity contribution in [3.8, 4) is 5.75 Å². The zero-order valence-electron chi connectivity index (χ0n) is 17.8. The third-order valence-corrected chi connectivity index (χ3v) is 6.48. The normalized spacial score (nSPS) is 11.1. The Kier molecular flexibility index (Phi) is 6.97.